The number of methoxy groups -OCH3 is 1. The van der Waals surface area contributed by atoms with Crippen molar-refractivity contribution < 1.29 is 4.74 Å². The van der Waals surface area contributed by atoms with E-state index in [1.165, 1.54) is 0 Å². The van der Waals surface area contributed by atoms with Crippen molar-refractivity contribution in [2.45, 2.75) is 0 Å². The number of benzene rings is 2. The summed E-state index contributed by atoms with van der Waals surface area (Å²) in [6.07, 6.45) is 1.73. The predicted molar refractivity (Wildman–Crippen MR) is 81.9 cm³/mol. The zero-order valence-corrected chi connectivity index (χ0v) is 11.4. The summed E-state index contributed by atoms with van der Waals surface area (Å²) >= 11 is 5.25. The van der Waals surface area contributed by atoms with Gasteiger partial charge in [-0.05, 0) is 29.8 Å². The van der Waals surface area contributed by atoms with E-state index in [1.54, 1.807) is 13.3 Å². The summed E-state index contributed by atoms with van der Waals surface area (Å²) in [6, 6.07) is 17.4. The highest BCUT2D eigenvalue weighted by molar-refractivity contribution is 7.80. The third kappa shape index (κ3) is 3.89. The molecule has 4 heteroatoms. The molecule has 2 aromatic rings. The van der Waals surface area contributed by atoms with E-state index >= 15 is 0 Å². The molecule has 0 amide bonds. The molecule has 1 N–H and O–H groups in total. The van der Waals surface area contributed by atoms with Crippen LogP contribution in [0.5, 0.6) is 5.75 Å². The molecule has 0 heterocycles. The molecule has 0 aliphatic rings. The zero-order chi connectivity index (χ0) is 13.5. The molecule has 0 saturated heterocycles. The molecule has 0 spiro atoms. The average Bonchev–Trinajstić information content (AvgIpc) is 2.48. The Bertz CT molecular complexity index is 564. The molecule has 0 bridgehead atoms. The molecule has 0 aromatic heterocycles. The Hall–Kier alpha value is -2.20. The Balaban J connectivity index is 1.95. The number of hydrogen-bond donors (Lipinski definition) is 1. The number of hydrogen-bond acceptors (Lipinski definition) is 3. The molecule has 0 unspecified atom stereocenters. The molecule has 2 aromatic carbocycles. The van der Waals surface area contributed by atoms with Gasteiger partial charge in [-0.15, -0.1) is 0 Å². The maximum Gasteiger partial charge on any atom is 0.126 e. The topological polar surface area (TPSA) is 33.6 Å². The van der Waals surface area contributed by atoms with Crippen molar-refractivity contribution in [3.05, 3.63) is 65.7 Å². The Kier molecular flexibility index (Phi) is 4.64. The van der Waals surface area contributed by atoms with Crippen LogP contribution in [-0.4, -0.2) is 18.3 Å². The van der Waals surface area contributed by atoms with Crippen LogP contribution in [0, 0.1) is 0 Å². The standard InChI is InChI=1S/C15H14N2OS/c1-18-14-9-7-13(8-10-14)15(19)17-16-11-12-5-3-2-4-6-12/h2-11H,1H3,(H,17,19)/b16-11+. The van der Waals surface area contributed by atoms with Crippen LogP contribution in [-0.2, 0) is 0 Å². The number of rotatable bonds is 4. The number of thiocarbonyl (C=S) groups is 1. The molecule has 0 atom stereocenters. The second kappa shape index (κ2) is 6.66. The van der Waals surface area contributed by atoms with Gasteiger partial charge in [0.15, 0.2) is 0 Å². The largest absolute Gasteiger partial charge is 0.497 e. The van der Waals surface area contributed by atoms with Crippen molar-refractivity contribution in [3.63, 3.8) is 0 Å². The second-order valence-corrected chi connectivity index (χ2v) is 4.25. The van der Waals surface area contributed by atoms with Crippen LogP contribution in [0.2, 0.25) is 0 Å². The van der Waals surface area contributed by atoms with Gasteiger partial charge in [0.2, 0.25) is 0 Å². The lowest BCUT2D eigenvalue weighted by molar-refractivity contribution is 0.415. The van der Waals surface area contributed by atoms with Crippen LogP contribution in [0.4, 0.5) is 0 Å². The van der Waals surface area contributed by atoms with Crippen molar-refractivity contribution in [2.75, 3.05) is 7.11 Å². The van der Waals surface area contributed by atoms with E-state index in [4.69, 9.17) is 17.0 Å². The summed E-state index contributed by atoms with van der Waals surface area (Å²) in [5, 5.41) is 4.11. The lowest BCUT2D eigenvalue weighted by atomic mass is 10.2. The quantitative estimate of drug-likeness (QED) is 0.527. The molecule has 2 rings (SSSR count). The molecular weight excluding hydrogens is 256 g/mol. The monoisotopic (exact) mass is 270 g/mol. The van der Waals surface area contributed by atoms with Crippen LogP contribution in [0.25, 0.3) is 0 Å². The maximum atomic E-state index is 5.25. The highest BCUT2D eigenvalue weighted by atomic mass is 32.1. The van der Waals surface area contributed by atoms with Crippen molar-refractivity contribution in [1.29, 1.82) is 0 Å². The summed E-state index contributed by atoms with van der Waals surface area (Å²) in [7, 11) is 1.63. The van der Waals surface area contributed by atoms with Gasteiger partial charge in [0.1, 0.15) is 10.7 Å². The number of nitrogens with one attached hydrogen (secondary N) is 1. The molecule has 3 nitrogen and oxygen atoms in total. The first-order valence-electron chi connectivity index (χ1n) is 5.82. The van der Waals surface area contributed by atoms with E-state index in [-0.39, 0.29) is 0 Å². The van der Waals surface area contributed by atoms with Crippen molar-refractivity contribution in [3.8, 4) is 5.75 Å². The summed E-state index contributed by atoms with van der Waals surface area (Å²) < 4.78 is 5.09. The molecule has 0 aliphatic heterocycles. The smallest absolute Gasteiger partial charge is 0.126 e. The van der Waals surface area contributed by atoms with Gasteiger partial charge in [-0.3, -0.25) is 5.43 Å². The molecule has 0 aliphatic carbocycles. The normalized spacial score (nSPS) is 10.4. The van der Waals surface area contributed by atoms with Gasteiger partial charge in [0.05, 0.1) is 13.3 Å². The SMILES string of the molecule is COc1ccc(C(=S)N/N=C/c2ccccc2)cc1. The Morgan fingerprint density at radius 3 is 2.42 bits per heavy atom. The average molecular weight is 270 g/mol. The maximum absolute atomic E-state index is 5.25. The Morgan fingerprint density at radius 1 is 1.11 bits per heavy atom. The van der Waals surface area contributed by atoms with E-state index < -0.39 is 0 Å². The van der Waals surface area contributed by atoms with Gasteiger partial charge in [-0.1, -0.05) is 42.5 Å². The minimum atomic E-state index is 0.579. The summed E-state index contributed by atoms with van der Waals surface area (Å²) in [5.41, 5.74) is 4.77. The van der Waals surface area contributed by atoms with Gasteiger partial charge in [-0.25, -0.2) is 0 Å². The van der Waals surface area contributed by atoms with Gasteiger partial charge >= 0.3 is 0 Å². The van der Waals surface area contributed by atoms with E-state index in [9.17, 15) is 0 Å². The third-order valence-electron chi connectivity index (χ3n) is 2.53. The van der Waals surface area contributed by atoms with Crippen LogP contribution < -0.4 is 10.2 Å². The number of ether oxygens (including phenoxy) is 1. The third-order valence-corrected chi connectivity index (χ3v) is 2.86. The van der Waals surface area contributed by atoms with Gasteiger partial charge < -0.3 is 4.74 Å². The van der Waals surface area contributed by atoms with Crippen LogP contribution in [0.1, 0.15) is 11.1 Å². The fraction of sp³-hybridized carbons (Fsp3) is 0.0667. The molecular formula is C15H14N2OS. The van der Waals surface area contributed by atoms with E-state index in [0.29, 0.717) is 4.99 Å². The summed E-state index contributed by atoms with van der Waals surface area (Å²) in [6.45, 7) is 0. The van der Waals surface area contributed by atoms with E-state index in [0.717, 1.165) is 16.9 Å². The highest BCUT2D eigenvalue weighted by Gasteiger charge is 1.99. The molecule has 0 saturated carbocycles. The van der Waals surface area contributed by atoms with Gasteiger partial charge in [0, 0.05) is 5.56 Å². The van der Waals surface area contributed by atoms with Crippen molar-refractivity contribution in [1.82, 2.24) is 5.43 Å². The summed E-state index contributed by atoms with van der Waals surface area (Å²) in [4.78, 5) is 0.579. The van der Waals surface area contributed by atoms with E-state index in [2.05, 4.69) is 10.5 Å². The zero-order valence-electron chi connectivity index (χ0n) is 10.5. The van der Waals surface area contributed by atoms with Crippen LogP contribution in [0.15, 0.2) is 59.7 Å². The van der Waals surface area contributed by atoms with Crippen LogP contribution in [0.3, 0.4) is 0 Å². The first-order valence-corrected chi connectivity index (χ1v) is 6.23. The lowest BCUT2D eigenvalue weighted by Gasteiger charge is -2.04. The van der Waals surface area contributed by atoms with Gasteiger partial charge in [0.25, 0.3) is 0 Å². The van der Waals surface area contributed by atoms with Crippen molar-refractivity contribution in [2.24, 2.45) is 5.10 Å². The Morgan fingerprint density at radius 2 is 1.79 bits per heavy atom. The molecule has 0 fully saturated rings. The number of nitrogens with zero attached hydrogens (tertiary/aromatic N) is 1. The minimum absolute atomic E-state index is 0.579. The lowest BCUT2D eigenvalue weighted by Crippen LogP contribution is -2.16. The highest BCUT2D eigenvalue weighted by Crippen LogP contribution is 2.11. The fourth-order valence-electron chi connectivity index (χ4n) is 1.51. The fourth-order valence-corrected chi connectivity index (χ4v) is 1.70. The van der Waals surface area contributed by atoms with Gasteiger partial charge in [-0.2, -0.15) is 5.10 Å². The van der Waals surface area contributed by atoms with Crippen molar-refractivity contribution >= 4 is 23.4 Å². The second-order valence-electron chi connectivity index (χ2n) is 3.84. The number of hydrazone groups is 1. The first-order chi connectivity index (χ1) is 9.29. The predicted octanol–water partition coefficient (Wildman–Crippen LogP) is 2.99. The first kappa shape index (κ1) is 13.2. The van der Waals surface area contributed by atoms with Crippen LogP contribution >= 0.6 is 12.2 Å². The Labute approximate surface area is 117 Å². The summed E-state index contributed by atoms with van der Waals surface area (Å²) in [5.74, 6) is 0.805. The molecule has 0 radical (unpaired) electrons. The minimum Gasteiger partial charge on any atom is -0.497 e. The molecule has 19 heavy (non-hydrogen) atoms. The molecule has 96 valence electrons. The van der Waals surface area contributed by atoms with E-state index in [1.807, 2.05) is 54.6 Å².